The van der Waals surface area contributed by atoms with Gasteiger partial charge in [-0.3, -0.25) is 9.69 Å². The second-order valence-corrected chi connectivity index (χ2v) is 8.10. The number of aliphatic imine (C=N–C) groups is 1. The van der Waals surface area contributed by atoms with Crippen LogP contribution in [0.25, 0.3) is 6.08 Å². The number of amides is 1. The molecule has 1 aliphatic heterocycles. The van der Waals surface area contributed by atoms with Crippen molar-refractivity contribution in [1.29, 1.82) is 0 Å². The molecule has 0 unspecified atom stereocenters. The van der Waals surface area contributed by atoms with Gasteiger partial charge in [0.2, 0.25) is 0 Å². The third-order valence-electron chi connectivity index (χ3n) is 5.54. The van der Waals surface area contributed by atoms with Crippen molar-refractivity contribution in [2.24, 2.45) is 4.99 Å². The average molecular weight is 427 g/mol. The molecule has 1 heterocycles. The van der Waals surface area contributed by atoms with E-state index < -0.39 is 0 Å². The molecule has 3 aromatic rings. The number of carbonyl (C=O) groups is 1. The lowest BCUT2D eigenvalue weighted by molar-refractivity contribution is -0.113. The third kappa shape index (κ3) is 4.02. The molecule has 1 N–H and O–H groups in total. The predicted molar refractivity (Wildman–Crippen MR) is 128 cm³/mol. The molecule has 5 nitrogen and oxygen atoms in total. The van der Waals surface area contributed by atoms with Gasteiger partial charge in [0.1, 0.15) is 23.0 Å². The molecule has 32 heavy (non-hydrogen) atoms. The van der Waals surface area contributed by atoms with E-state index in [1.54, 1.807) is 13.2 Å². The molecule has 0 atom stereocenters. The van der Waals surface area contributed by atoms with E-state index in [0.717, 1.165) is 33.7 Å². The number of nitrogens with zero attached hydrogens (tertiary/aromatic N) is 2. The van der Waals surface area contributed by atoms with Crippen LogP contribution in [-0.4, -0.2) is 24.0 Å². The summed E-state index contributed by atoms with van der Waals surface area (Å²) in [7, 11) is 1.62. The van der Waals surface area contributed by atoms with Crippen molar-refractivity contribution in [2.75, 3.05) is 12.0 Å². The zero-order valence-electron chi connectivity index (χ0n) is 18.7. The lowest BCUT2D eigenvalue weighted by atomic mass is 9.98. The zero-order valence-corrected chi connectivity index (χ0v) is 18.7. The van der Waals surface area contributed by atoms with E-state index in [4.69, 9.17) is 4.74 Å². The smallest absolute Gasteiger partial charge is 0.296 e. The average Bonchev–Trinajstić information content (AvgIpc) is 3.10. The summed E-state index contributed by atoms with van der Waals surface area (Å²) in [6.07, 6.45) is 1.84. The number of ether oxygens (including phenoxy) is 1. The Labute approximate surface area is 188 Å². The first-order valence-electron chi connectivity index (χ1n) is 10.6. The molecule has 0 radical (unpaired) electrons. The Morgan fingerprint density at radius 2 is 1.72 bits per heavy atom. The van der Waals surface area contributed by atoms with Gasteiger partial charge in [-0.1, -0.05) is 56.3 Å². The van der Waals surface area contributed by atoms with Crippen molar-refractivity contribution in [3.63, 3.8) is 0 Å². The van der Waals surface area contributed by atoms with Gasteiger partial charge in [0.25, 0.3) is 5.91 Å². The molecular weight excluding hydrogens is 400 g/mol. The van der Waals surface area contributed by atoms with Crippen molar-refractivity contribution in [2.45, 2.75) is 26.7 Å². The molecular formula is C27H26N2O3. The van der Waals surface area contributed by atoms with Gasteiger partial charge in [-0.05, 0) is 59.9 Å². The highest BCUT2D eigenvalue weighted by Crippen LogP contribution is 2.37. The van der Waals surface area contributed by atoms with Crippen LogP contribution in [0.2, 0.25) is 0 Å². The van der Waals surface area contributed by atoms with Gasteiger partial charge in [0.05, 0.1) is 12.8 Å². The molecule has 0 saturated carbocycles. The Morgan fingerprint density at radius 3 is 2.34 bits per heavy atom. The van der Waals surface area contributed by atoms with E-state index in [1.807, 2.05) is 92.4 Å². The minimum absolute atomic E-state index is 0.124. The first kappa shape index (κ1) is 21.4. The summed E-state index contributed by atoms with van der Waals surface area (Å²) in [5.41, 5.74) is 4.66. The van der Waals surface area contributed by atoms with E-state index in [9.17, 15) is 9.90 Å². The van der Waals surface area contributed by atoms with Crippen molar-refractivity contribution < 1.29 is 14.6 Å². The SMILES string of the molecule is COc1ccc(/C=C2/C(=O)N=C(c3ccccc3)N2c2cc(C(C)C)c(O)cc2C)cc1. The summed E-state index contributed by atoms with van der Waals surface area (Å²) < 4.78 is 5.24. The molecule has 5 heteroatoms. The van der Waals surface area contributed by atoms with E-state index in [1.165, 1.54) is 0 Å². The Morgan fingerprint density at radius 1 is 1.03 bits per heavy atom. The van der Waals surface area contributed by atoms with E-state index in [-0.39, 0.29) is 17.6 Å². The number of hydrogen-bond acceptors (Lipinski definition) is 4. The van der Waals surface area contributed by atoms with Crippen molar-refractivity contribution in [3.05, 3.63) is 94.7 Å². The number of methoxy groups -OCH3 is 1. The second kappa shape index (κ2) is 8.71. The van der Waals surface area contributed by atoms with Crippen LogP contribution >= 0.6 is 0 Å². The Bertz CT molecular complexity index is 1210. The molecule has 1 amide bonds. The fraction of sp³-hybridized carbons (Fsp3) is 0.185. The minimum atomic E-state index is -0.307. The van der Waals surface area contributed by atoms with Gasteiger partial charge in [0.15, 0.2) is 0 Å². The van der Waals surface area contributed by atoms with Crippen LogP contribution in [0.5, 0.6) is 11.5 Å². The van der Waals surface area contributed by atoms with Gasteiger partial charge < -0.3 is 9.84 Å². The van der Waals surface area contributed by atoms with Gasteiger partial charge in [-0.15, -0.1) is 0 Å². The first-order chi connectivity index (χ1) is 15.4. The van der Waals surface area contributed by atoms with Crippen LogP contribution < -0.4 is 9.64 Å². The topological polar surface area (TPSA) is 62.1 Å². The Kier molecular flexibility index (Phi) is 5.82. The molecule has 4 rings (SSSR count). The van der Waals surface area contributed by atoms with Crippen molar-refractivity contribution in [1.82, 2.24) is 0 Å². The third-order valence-corrected chi connectivity index (χ3v) is 5.54. The molecule has 1 aliphatic rings. The lowest BCUT2D eigenvalue weighted by Gasteiger charge is -2.25. The van der Waals surface area contributed by atoms with Gasteiger partial charge in [0, 0.05) is 5.56 Å². The van der Waals surface area contributed by atoms with Crippen LogP contribution in [0.15, 0.2) is 77.4 Å². The van der Waals surface area contributed by atoms with E-state index in [0.29, 0.717) is 11.5 Å². The monoisotopic (exact) mass is 426 g/mol. The van der Waals surface area contributed by atoms with E-state index >= 15 is 0 Å². The normalized spacial score (nSPS) is 14.9. The molecule has 0 fully saturated rings. The number of phenols is 1. The number of aryl methyl sites for hydroxylation is 1. The maximum absolute atomic E-state index is 13.1. The highest BCUT2D eigenvalue weighted by molar-refractivity contribution is 6.28. The number of hydrogen-bond donors (Lipinski definition) is 1. The molecule has 162 valence electrons. The largest absolute Gasteiger partial charge is 0.508 e. The molecule has 0 saturated heterocycles. The summed E-state index contributed by atoms with van der Waals surface area (Å²) >= 11 is 0. The van der Waals surface area contributed by atoms with Crippen molar-refractivity contribution >= 4 is 23.5 Å². The summed E-state index contributed by atoms with van der Waals surface area (Å²) in [6.45, 7) is 5.99. The summed E-state index contributed by atoms with van der Waals surface area (Å²) in [6, 6.07) is 20.9. The quantitative estimate of drug-likeness (QED) is 0.534. The van der Waals surface area contributed by atoms with Gasteiger partial charge in [-0.2, -0.15) is 4.99 Å². The number of rotatable bonds is 5. The fourth-order valence-corrected chi connectivity index (χ4v) is 3.82. The number of aromatic hydroxyl groups is 1. The standard InChI is InChI=1S/C27H26N2O3/c1-17(2)22-16-23(18(3)14-25(22)30)29-24(15-19-10-12-21(32-4)13-11-19)27(31)28-26(29)20-8-6-5-7-9-20/h5-17,30H,1-4H3/b24-15-. The number of carbonyl (C=O) groups excluding carboxylic acids is 1. The molecule has 3 aromatic carbocycles. The van der Waals surface area contributed by atoms with Crippen molar-refractivity contribution in [3.8, 4) is 11.5 Å². The number of benzene rings is 3. The summed E-state index contributed by atoms with van der Waals surface area (Å²) in [5.74, 6) is 1.39. The molecule has 0 spiro atoms. The highest BCUT2D eigenvalue weighted by atomic mass is 16.5. The van der Waals surface area contributed by atoms with Crippen LogP contribution in [0.4, 0.5) is 5.69 Å². The summed E-state index contributed by atoms with van der Waals surface area (Å²) in [4.78, 5) is 19.4. The minimum Gasteiger partial charge on any atom is -0.508 e. The maximum Gasteiger partial charge on any atom is 0.296 e. The number of amidine groups is 1. The lowest BCUT2D eigenvalue weighted by Crippen LogP contribution is -2.28. The van der Waals surface area contributed by atoms with Crippen LogP contribution in [0, 0.1) is 6.92 Å². The van der Waals surface area contributed by atoms with E-state index in [2.05, 4.69) is 4.99 Å². The summed E-state index contributed by atoms with van der Waals surface area (Å²) in [5, 5.41) is 10.5. The van der Waals surface area contributed by atoms with Crippen LogP contribution in [0.3, 0.4) is 0 Å². The zero-order chi connectivity index (χ0) is 22.8. The predicted octanol–water partition coefficient (Wildman–Crippen LogP) is 5.67. The first-order valence-corrected chi connectivity index (χ1v) is 10.6. The number of anilines is 1. The van der Waals surface area contributed by atoms with Crippen LogP contribution in [0.1, 0.15) is 42.0 Å². The molecule has 0 aromatic heterocycles. The number of phenolic OH excluding ortho intramolecular Hbond substituents is 1. The Hall–Kier alpha value is -3.86. The van der Waals surface area contributed by atoms with Gasteiger partial charge >= 0.3 is 0 Å². The molecule has 0 aliphatic carbocycles. The molecule has 0 bridgehead atoms. The van der Waals surface area contributed by atoms with Gasteiger partial charge in [-0.25, -0.2) is 0 Å². The van der Waals surface area contributed by atoms with Crippen LogP contribution in [-0.2, 0) is 4.79 Å². The Balaban J connectivity index is 1.90. The second-order valence-electron chi connectivity index (χ2n) is 8.10. The highest BCUT2D eigenvalue weighted by Gasteiger charge is 2.33. The fourth-order valence-electron chi connectivity index (χ4n) is 3.82. The maximum atomic E-state index is 13.1.